The number of rotatable bonds is 3. The highest BCUT2D eigenvalue weighted by molar-refractivity contribution is 5.98. The molecule has 1 atom stereocenters. The van der Waals surface area contributed by atoms with Gasteiger partial charge in [-0.05, 0) is 44.0 Å². The van der Waals surface area contributed by atoms with Gasteiger partial charge in [0, 0.05) is 29.7 Å². The van der Waals surface area contributed by atoms with Crippen LogP contribution in [0, 0.1) is 5.92 Å². The summed E-state index contributed by atoms with van der Waals surface area (Å²) in [5.41, 5.74) is 6.99. The monoisotopic (exact) mass is 315 g/mol. The Morgan fingerprint density at radius 2 is 2.13 bits per heavy atom. The zero-order valence-electron chi connectivity index (χ0n) is 13.2. The van der Waals surface area contributed by atoms with Gasteiger partial charge in [-0.2, -0.15) is 0 Å². The van der Waals surface area contributed by atoms with Gasteiger partial charge in [0.05, 0.1) is 7.11 Å². The molecule has 3 saturated heterocycles. The predicted molar refractivity (Wildman–Crippen MR) is 87.6 cm³/mol. The van der Waals surface area contributed by atoms with Gasteiger partial charge in [-0.15, -0.1) is 0 Å². The molecule has 0 spiro atoms. The van der Waals surface area contributed by atoms with Crippen molar-refractivity contribution in [3.05, 3.63) is 24.0 Å². The zero-order chi connectivity index (χ0) is 16.0. The first kappa shape index (κ1) is 14.4. The highest BCUT2D eigenvalue weighted by Crippen LogP contribution is 2.32. The Morgan fingerprint density at radius 1 is 1.35 bits per heavy atom. The molecule has 1 aromatic carbocycles. The van der Waals surface area contributed by atoms with Crippen molar-refractivity contribution in [3.8, 4) is 5.75 Å². The number of piperidine rings is 3. The number of nitrogen functional groups attached to an aromatic ring is 1. The van der Waals surface area contributed by atoms with Crippen molar-refractivity contribution in [2.24, 2.45) is 5.92 Å². The maximum atomic E-state index is 12.5. The highest BCUT2D eigenvalue weighted by Gasteiger charge is 2.35. The van der Waals surface area contributed by atoms with Crippen molar-refractivity contribution in [1.29, 1.82) is 0 Å². The van der Waals surface area contributed by atoms with Crippen LogP contribution in [-0.2, 0) is 0 Å². The maximum Gasteiger partial charge on any atom is 0.287 e. The molecule has 3 aliphatic heterocycles. The normalized spacial score (nSPS) is 26.4. The summed E-state index contributed by atoms with van der Waals surface area (Å²) in [6.07, 6.45) is 2.32. The first-order chi connectivity index (χ1) is 11.1. The lowest BCUT2D eigenvalue weighted by Gasteiger charge is -2.44. The second kappa shape index (κ2) is 5.45. The minimum absolute atomic E-state index is 0.166. The van der Waals surface area contributed by atoms with E-state index in [1.165, 1.54) is 0 Å². The fourth-order valence-electron chi connectivity index (χ4n) is 3.77. The molecule has 6 heteroatoms. The molecule has 0 saturated carbocycles. The number of carbonyl (C=O) groups is 1. The second-order valence-corrected chi connectivity index (χ2v) is 6.47. The number of methoxy groups -OCH3 is 1. The van der Waals surface area contributed by atoms with Crippen molar-refractivity contribution in [2.45, 2.75) is 18.9 Å². The van der Waals surface area contributed by atoms with Crippen LogP contribution < -0.4 is 15.8 Å². The van der Waals surface area contributed by atoms with E-state index in [0.717, 1.165) is 37.9 Å². The van der Waals surface area contributed by atoms with E-state index in [4.69, 9.17) is 14.9 Å². The third-order valence-electron chi connectivity index (χ3n) is 5.02. The van der Waals surface area contributed by atoms with Crippen molar-refractivity contribution < 1.29 is 13.9 Å². The third-order valence-corrected chi connectivity index (χ3v) is 5.02. The Balaban J connectivity index is 1.58. The van der Waals surface area contributed by atoms with Crippen LogP contribution in [0.15, 0.2) is 22.6 Å². The average Bonchev–Trinajstić information content (AvgIpc) is 2.99. The lowest BCUT2D eigenvalue weighted by Crippen LogP contribution is -2.57. The van der Waals surface area contributed by atoms with E-state index >= 15 is 0 Å². The number of nitrogens with zero attached hydrogens (tertiary/aromatic N) is 1. The first-order valence-electron chi connectivity index (χ1n) is 8.04. The van der Waals surface area contributed by atoms with Crippen molar-refractivity contribution in [3.63, 3.8) is 0 Å². The van der Waals surface area contributed by atoms with Crippen LogP contribution in [0.3, 0.4) is 0 Å². The van der Waals surface area contributed by atoms with Gasteiger partial charge in [0.2, 0.25) is 0 Å². The van der Waals surface area contributed by atoms with E-state index in [2.05, 4.69) is 10.2 Å². The molecule has 23 heavy (non-hydrogen) atoms. The molecule has 1 aromatic heterocycles. The number of furan rings is 1. The molecular formula is C17H21N3O3. The van der Waals surface area contributed by atoms with E-state index in [9.17, 15) is 4.79 Å². The smallest absolute Gasteiger partial charge is 0.287 e. The summed E-state index contributed by atoms with van der Waals surface area (Å²) in [7, 11) is 1.56. The summed E-state index contributed by atoms with van der Waals surface area (Å²) in [6, 6.07) is 5.42. The van der Waals surface area contributed by atoms with E-state index in [1.54, 1.807) is 25.3 Å². The fraction of sp³-hybridized carbons (Fsp3) is 0.471. The third kappa shape index (κ3) is 2.53. The Kier molecular flexibility index (Phi) is 3.41. The average molecular weight is 315 g/mol. The summed E-state index contributed by atoms with van der Waals surface area (Å²) in [6.45, 7) is 3.24. The topological polar surface area (TPSA) is 80.7 Å². The van der Waals surface area contributed by atoms with Crippen molar-refractivity contribution in [2.75, 3.05) is 32.5 Å². The molecule has 122 valence electrons. The number of ether oxygens (including phenoxy) is 1. The van der Waals surface area contributed by atoms with Gasteiger partial charge >= 0.3 is 0 Å². The van der Waals surface area contributed by atoms with Crippen LogP contribution in [0.1, 0.15) is 23.4 Å². The standard InChI is InChI=1S/C17H21N3O3/c1-22-14-8-12(18)6-11-7-15(23-16(11)14)17(21)19-13-9-20-4-2-10(13)3-5-20/h6-8,10,13H,2-5,9,18H2,1H3,(H,19,21). The molecule has 4 heterocycles. The van der Waals surface area contributed by atoms with Crippen LogP contribution in [0.2, 0.25) is 0 Å². The zero-order valence-corrected chi connectivity index (χ0v) is 13.2. The Morgan fingerprint density at radius 3 is 2.78 bits per heavy atom. The van der Waals surface area contributed by atoms with E-state index in [0.29, 0.717) is 28.7 Å². The van der Waals surface area contributed by atoms with Gasteiger partial charge in [-0.25, -0.2) is 0 Å². The molecule has 2 bridgehead atoms. The quantitative estimate of drug-likeness (QED) is 0.845. The number of anilines is 1. The maximum absolute atomic E-state index is 12.5. The molecule has 6 nitrogen and oxygen atoms in total. The lowest BCUT2D eigenvalue weighted by atomic mass is 9.84. The van der Waals surface area contributed by atoms with Crippen LogP contribution >= 0.6 is 0 Å². The number of nitrogens with two attached hydrogens (primary N) is 1. The van der Waals surface area contributed by atoms with Crippen molar-refractivity contribution >= 4 is 22.6 Å². The summed E-state index contributed by atoms with van der Waals surface area (Å²) in [5, 5.41) is 3.91. The number of benzene rings is 1. The fourth-order valence-corrected chi connectivity index (χ4v) is 3.77. The SMILES string of the molecule is COc1cc(N)cc2cc(C(=O)NC3CN4CCC3CC4)oc12. The molecule has 3 fully saturated rings. The molecule has 1 unspecified atom stereocenters. The highest BCUT2D eigenvalue weighted by atomic mass is 16.5. The van der Waals surface area contributed by atoms with Crippen LogP contribution in [0.4, 0.5) is 5.69 Å². The van der Waals surface area contributed by atoms with Crippen LogP contribution in [0.5, 0.6) is 5.75 Å². The summed E-state index contributed by atoms with van der Waals surface area (Å²) in [5.74, 6) is 1.27. The van der Waals surface area contributed by atoms with Gasteiger partial charge in [-0.1, -0.05) is 0 Å². The van der Waals surface area contributed by atoms with Gasteiger partial charge in [0.25, 0.3) is 5.91 Å². The van der Waals surface area contributed by atoms with E-state index in [-0.39, 0.29) is 11.9 Å². The van der Waals surface area contributed by atoms with Crippen LogP contribution in [0.25, 0.3) is 11.0 Å². The van der Waals surface area contributed by atoms with E-state index < -0.39 is 0 Å². The molecule has 3 aliphatic rings. The minimum Gasteiger partial charge on any atom is -0.493 e. The molecule has 5 rings (SSSR count). The minimum atomic E-state index is -0.166. The summed E-state index contributed by atoms with van der Waals surface area (Å²) >= 11 is 0. The molecule has 0 aliphatic carbocycles. The molecule has 0 radical (unpaired) electrons. The van der Waals surface area contributed by atoms with Gasteiger partial charge in [-0.3, -0.25) is 4.79 Å². The number of hydrogen-bond donors (Lipinski definition) is 2. The van der Waals surface area contributed by atoms with E-state index in [1.807, 2.05) is 0 Å². The first-order valence-corrected chi connectivity index (χ1v) is 8.04. The van der Waals surface area contributed by atoms with Gasteiger partial charge in [0.15, 0.2) is 17.1 Å². The molecule has 1 amide bonds. The largest absolute Gasteiger partial charge is 0.493 e. The van der Waals surface area contributed by atoms with Gasteiger partial charge < -0.3 is 25.1 Å². The number of carbonyl (C=O) groups excluding carboxylic acids is 1. The predicted octanol–water partition coefficient (Wildman–Crippen LogP) is 1.85. The Hall–Kier alpha value is -2.21. The van der Waals surface area contributed by atoms with Crippen LogP contribution in [-0.4, -0.2) is 43.6 Å². The number of nitrogens with one attached hydrogen (secondary N) is 1. The number of amides is 1. The molecule has 2 aromatic rings. The second-order valence-electron chi connectivity index (χ2n) is 6.47. The molecular weight excluding hydrogens is 294 g/mol. The number of hydrogen-bond acceptors (Lipinski definition) is 5. The van der Waals surface area contributed by atoms with Gasteiger partial charge in [0.1, 0.15) is 0 Å². The van der Waals surface area contributed by atoms with Crippen molar-refractivity contribution in [1.82, 2.24) is 10.2 Å². The summed E-state index contributed by atoms with van der Waals surface area (Å²) in [4.78, 5) is 15.0. The Labute approximate surface area is 134 Å². The summed E-state index contributed by atoms with van der Waals surface area (Å²) < 4.78 is 11.0. The lowest BCUT2D eigenvalue weighted by molar-refractivity contribution is 0.0607. The molecule has 3 N–H and O–H groups in total. The number of fused-ring (bicyclic) bond motifs is 4. The Bertz CT molecular complexity index is 747.